The average Bonchev–Trinajstić information content (AvgIpc) is 3.17. The third-order valence-electron chi connectivity index (χ3n) is 4.24. The fraction of sp³-hybridized carbons (Fsp3) is 0.176. The number of methoxy groups -OCH3 is 2. The topological polar surface area (TPSA) is 109 Å². The van der Waals surface area contributed by atoms with E-state index >= 15 is 8.78 Å². The van der Waals surface area contributed by atoms with Gasteiger partial charge in [0.15, 0.2) is 34.4 Å². The van der Waals surface area contributed by atoms with Crippen LogP contribution in [0.2, 0.25) is 0 Å². The molecule has 3 aromatic heterocycles. The summed E-state index contributed by atoms with van der Waals surface area (Å²) in [6.07, 6.45) is 3.36. The maximum Gasteiger partial charge on any atom is 0.248 e. The standard InChI is InChI=1S/C17H13F2N5O4S/c1-27-10-5-11(28-2)14(19)12(13(10)18)9-4-8-6-20-17(29(3,25)26)23-15(8)24-16(9)21-7-22-24/h4-7H,1-3H3. The van der Waals surface area contributed by atoms with Crippen molar-refractivity contribution in [1.29, 1.82) is 0 Å². The molecule has 0 unspecified atom stereocenters. The third kappa shape index (κ3) is 2.92. The fourth-order valence-electron chi connectivity index (χ4n) is 2.92. The Kier molecular flexibility index (Phi) is 4.30. The highest BCUT2D eigenvalue weighted by Gasteiger charge is 2.25. The zero-order valence-corrected chi connectivity index (χ0v) is 16.2. The van der Waals surface area contributed by atoms with Crippen molar-refractivity contribution in [3.05, 3.63) is 36.3 Å². The molecule has 12 heteroatoms. The van der Waals surface area contributed by atoms with Gasteiger partial charge in [-0.05, 0) is 6.07 Å². The van der Waals surface area contributed by atoms with Crippen LogP contribution in [0.1, 0.15) is 0 Å². The number of ether oxygens (including phenoxy) is 2. The summed E-state index contributed by atoms with van der Waals surface area (Å²) in [4.78, 5) is 11.9. The SMILES string of the molecule is COc1cc(OC)c(F)c(-c2cc3cnc(S(C)(=O)=O)nc3n3ncnc23)c1F. The Morgan fingerprint density at radius 2 is 1.66 bits per heavy atom. The smallest absolute Gasteiger partial charge is 0.248 e. The highest BCUT2D eigenvalue weighted by molar-refractivity contribution is 7.90. The van der Waals surface area contributed by atoms with E-state index in [4.69, 9.17) is 9.47 Å². The van der Waals surface area contributed by atoms with E-state index in [0.717, 1.165) is 18.6 Å². The highest BCUT2D eigenvalue weighted by Crippen LogP contribution is 2.39. The van der Waals surface area contributed by atoms with Gasteiger partial charge in [0.25, 0.3) is 0 Å². The van der Waals surface area contributed by atoms with Gasteiger partial charge in [-0.25, -0.2) is 27.2 Å². The molecule has 4 aromatic rings. The summed E-state index contributed by atoms with van der Waals surface area (Å²) in [5.41, 5.74) is -0.220. The van der Waals surface area contributed by atoms with Crippen molar-refractivity contribution in [1.82, 2.24) is 24.6 Å². The summed E-state index contributed by atoms with van der Waals surface area (Å²) < 4.78 is 64.7. The maximum absolute atomic E-state index is 15.0. The Balaban J connectivity index is 2.12. The number of pyridine rings is 1. The molecule has 150 valence electrons. The van der Waals surface area contributed by atoms with Crippen LogP contribution in [-0.4, -0.2) is 53.5 Å². The molecule has 0 saturated carbocycles. The largest absolute Gasteiger partial charge is 0.494 e. The molecule has 0 saturated heterocycles. The zero-order chi connectivity index (χ0) is 20.9. The van der Waals surface area contributed by atoms with Crippen molar-refractivity contribution in [2.75, 3.05) is 20.5 Å². The van der Waals surface area contributed by atoms with Crippen molar-refractivity contribution in [3.63, 3.8) is 0 Å². The van der Waals surface area contributed by atoms with Gasteiger partial charge in [0, 0.05) is 29.5 Å². The molecule has 0 radical (unpaired) electrons. The van der Waals surface area contributed by atoms with E-state index < -0.39 is 32.2 Å². The van der Waals surface area contributed by atoms with E-state index in [9.17, 15) is 8.42 Å². The Labute approximate surface area is 162 Å². The van der Waals surface area contributed by atoms with Crippen LogP contribution in [0.4, 0.5) is 8.78 Å². The molecule has 0 amide bonds. The number of benzene rings is 1. The van der Waals surface area contributed by atoms with Gasteiger partial charge in [0.05, 0.1) is 19.8 Å². The summed E-state index contributed by atoms with van der Waals surface area (Å²) >= 11 is 0. The zero-order valence-electron chi connectivity index (χ0n) is 15.3. The third-order valence-corrected chi connectivity index (χ3v) is 5.10. The molecule has 0 atom stereocenters. The van der Waals surface area contributed by atoms with E-state index in [1.54, 1.807) is 0 Å². The van der Waals surface area contributed by atoms with Gasteiger partial charge >= 0.3 is 0 Å². The fourth-order valence-corrected chi connectivity index (χ4v) is 3.42. The molecule has 0 N–H and O–H groups in total. The predicted molar refractivity (Wildman–Crippen MR) is 97.6 cm³/mol. The molecule has 1 aromatic carbocycles. The predicted octanol–water partition coefficient (Wildman–Crippen LogP) is 2.04. The summed E-state index contributed by atoms with van der Waals surface area (Å²) in [6.45, 7) is 0. The van der Waals surface area contributed by atoms with Crippen LogP contribution in [0.15, 0.2) is 29.8 Å². The summed E-state index contributed by atoms with van der Waals surface area (Å²) in [7, 11) is -1.19. The summed E-state index contributed by atoms with van der Waals surface area (Å²) in [6, 6.07) is 2.49. The van der Waals surface area contributed by atoms with Crippen molar-refractivity contribution in [2.45, 2.75) is 5.16 Å². The molecular formula is C17H13F2N5O4S. The van der Waals surface area contributed by atoms with Crippen LogP contribution < -0.4 is 9.47 Å². The van der Waals surface area contributed by atoms with Gasteiger partial charge < -0.3 is 9.47 Å². The maximum atomic E-state index is 15.0. The van der Waals surface area contributed by atoms with E-state index in [1.165, 1.54) is 31.0 Å². The van der Waals surface area contributed by atoms with E-state index in [1.807, 2.05) is 0 Å². The van der Waals surface area contributed by atoms with Crippen LogP contribution in [0.25, 0.3) is 27.8 Å². The van der Waals surface area contributed by atoms with Gasteiger partial charge in [0.2, 0.25) is 15.0 Å². The van der Waals surface area contributed by atoms with E-state index in [2.05, 4.69) is 20.1 Å². The minimum atomic E-state index is -3.68. The highest BCUT2D eigenvalue weighted by atomic mass is 32.2. The van der Waals surface area contributed by atoms with E-state index in [-0.39, 0.29) is 28.4 Å². The molecule has 0 aliphatic carbocycles. The molecule has 0 aliphatic heterocycles. The van der Waals surface area contributed by atoms with Crippen LogP contribution in [0.5, 0.6) is 11.5 Å². The first-order valence-corrected chi connectivity index (χ1v) is 9.95. The van der Waals surface area contributed by atoms with Crippen LogP contribution in [-0.2, 0) is 9.84 Å². The van der Waals surface area contributed by atoms with Crippen LogP contribution in [0, 0.1) is 11.6 Å². The van der Waals surface area contributed by atoms with Gasteiger partial charge in [-0.1, -0.05) is 0 Å². The number of rotatable bonds is 4. The lowest BCUT2D eigenvalue weighted by molar-refractivity contribution is 0.360. The van der Waals surface area contributed by atoms with Gasteiger partial charge in [-0.3, -0.25) is 0 Å². The number of halogens is 2. The lowest BCUT2D eigenvalue weighted by Gasteiger charge is -2.14. The lowest BCUT2D eigenvalue weighted by Crippen LogP contribution is -2.07. The van der Waals surface area contributed by atoms with Gasteiger partial charge in [-0.2, -0.15) is 14.6 Å². The molecule has 0 spiro atoms. The van der Waals surface area contributed by atoms with Crippen molar-refractivity contribution in [3.8, 4) is 22.6 Å². The second kappa shape index (κ2) is 6.58. The number of aromatic nitrogens is 5. The first kappa shape index (κ1) is 18.9. The molecule has 0 bridgehead atoms. The number of sulfone groups is 1. The molecule has 3 heterocycles. The molecule has 0 aliphatic rings. The molecule has 9 nitrogen and oxygen atoms in total. The Morgan fingerprint density at radius 3 is 2.24 bits per heavy atom. The second-order valence-electron chi connectivity index (χ2n) is 6.04. The molecule has 0 fully saturated rings. The average molecular weight is 421 g/mol. The van der Waals surface area contributed by atoms with Gasteiger partial charge in [0.1, 0.15) is 6.33 Å². The van der Waals surface area contributed by atoms with Crippen molar-refractivity contribution >= 4 is 26.5 Å². The lowest BCUT2D eigenvalue weighted by atomic mass is 10.0. The van der Waals surface area contributed by atoms with Crippen LogP contribution in [0.3, 0.4) is 0 Å². The normalized spacial score (nSPS) is 11.9. The quantitative estimate of drug-likeness (QED) is 0.461. The molecular weight excluding hydrogens is 408 g/mol. The summed E-state index contributed by atoms with van der Waals surface area (Å²) in [5, 5.41) is 3.90. The Hall–Kier alpha value is -3.41. The van der Waals surface area contributed by atoms with E-state index in [0.29, 0.717) is 5.39 Å². The number of nitrogens with zero attached hydrogens (tertiary/aromatic N) is 5. The Morgan fingerprint density at radius 1 is 1.00 bits per heavy atom. The van der Waals surface area contributed by atoms with Crippen molar-refractivity contribution in [2.24, 2.45) is 0 Å². The minimum absolute atomic E-state index is 0.0397. The molecule has 4 rings (SSSR count). The monoisotopic (exact) mass is 421 g/mol. The first-order chi connectivity index (χ1) is 13.8. The summed E-state index contributed by atoms with van der Waals surface area (Å²) in [5.74, 6) is -2.35. The molecule has 29 heavy (non-hydrogen) atoms. The number of fused-ring (bicyclic) bond motifs is 3. The Bertz CT molecular complexity index is 1360. The number of hydrogen-bond donors (Lipinski definition) is 0. The van der Waals surface area contributed by atoms with Crippen molar-refractivity contribution < 1.29 is 26.7 Å². The number of hydrogen-bond acceptors (Lipinski definition) is 8. The van der Waals surface area contributed by atoms with Crippen LogP contribution >= 0.6 is 0 Å². The second-order valence-corrected chi connectivity index (χ2v) is 7.95. The minimum Gasteiger partial charge on any atom is -0.494 e. The first-order valence-electron chi connectivity index (χ1n) is 8.06. The van der Waals surface area contributed by atoms with Gasteiger partial charge in [-0.15, -0.1) is 0 Å².